The Bertz CT molecular complexity index is 749. The van der Waals surface area contributed by atoms with Gasteiger partial charge in [-0.05, 0) is 23.8 Å². The van der Waals surface area contributed by atoms with Crippen LogP contribution in [0.3, 0.4) is 0 Å². The van der Waals surface area contributed by atoms with Gasteiger partial charge in [0.2, 0.25) is 0 Å². The topological polar surface area (TPSA) is 84.0 Å². The predicted molar refractivity (Wildman–Crippen MR) is 77.3 cm³/mol. The Kier molecular flexibility index (Phi) is 4.31. The van der Waals surface area contributed by atoms with Gasteiger partial charge in [-0.2, -0.15) is 5.26 Å². The molecule has 0 bridgehead atoms. The van der Waals surface area contributed by atoms with E-state index in [2.05, 4.69) is 0 Å². The molecule has 0 spiro atoms. The van der Waals surface area contributed by atoms with E-state index in [0.29, 0.717) is 11.1 Å². The number of carbonyl (C=O) groups excluding carboxylic acids is 1. The molecule has 0 aliphatic carbocycles. The fourth-order valence-electron chi connectivity index (χ4n) is 1.82. The average molecular weight is 301 g/mol. The van der Waals surface area contributed by atoms with Gasteiger partial charge in [-0.15, -0.1) is 0 Å². The molecule has 0 fully saturated rings. The van der Waals surface area contributed by atoms with Crippen LogP contribution in [0.1, 0.15) is 21.5 Å². The van der Waals surface area contributed by atoms with Gasteiger partial charge in [0.25, 0.3) is 5.69 Å². The normalized spacial score (nSPS) is 9.90. The van der Waals surface area contributed by atoms with E-state index in [1.807, 2.05) is 6.07 Å². The van der Waals surface area contributed by atoms with Crippen LogP contribution >= 0.6 is 11.6 Å². The Morgan fingerprint density at radius 3 is 2.48 bits per heavy atom. The smallest absolute Gasteiger partial charge is 0.270 e. The minimum atomic E-state index is -0.575. The molecule has 2 aromatic carbocycles. The Morgan fingerprint density at radius 1 is 1.24 bits per heavy atom. The number of nitro benzene ring substituents is 1. The number of nitrogens with zero attached hydrogens (tertiary/aromatic N) is 2. The second kappa shape index (κ2) is 6.16. The monoisotopic (exact) mass is 300 g/mol. The fraction of sp³-hybridized carbons (Fsp3) is 0.0667. The lowest BCUT2D eigenvalue weighted by Crippen LogP contribution is -2.05. The van der Waals surface area contributed by atoms with Gasteiger partial charge in [0, 0.05) is 24.1 Å². The number of ketones is 1. The Hall–Kier alpha value is -2.71. The molecule has 0 aliphatic rings. The molecule has 0 heterocycles. The molecule has 5 nitrogen and oxygen atoms in total. The third-order valence-electron chi connectivity index (χ3n) is 2.91. The number of carbonyl (C=O) groups is 1. The van der Waals surface area contributed by atoms with Crippen LogP contribution in [0.25, 0.3) is 0 Å². The first-order chi connectivity index (χ1) is 10.0. The van der Waals surface area contributed by atoms with Gasteiger partial charge in [-0.3, -0.25) is 14.9 Å². The molecule has 0 aromatic heterocycles. The summed E-state index contributed by atoms with van der Waals surface area (Å²) in [5.41, 5.74) is 1.15. The lowest BCUT2D eigenvalue weighted by atomic mass is 10.0. The van der Waals surface area contributed by atoms with Crippen LogP contribution in [-0.2, 0) is 6.42 Å². The van der Waals surface area contributed by atoms with Crippen LogP contribution in [0, 0.1) is 21.4 Å². The highest BCUT2D eigenvalue weighted by Gasteiger charge is 2.16. The predicted octanol–water partition coefficient (Wildman–Crippen LogP) is 3.55. The molecule has 6 heteroatoms. The number of non-ortho nitro benzene ring substituents is 1. The molecule has 0 amide bonds. The molecule has 0 aliphatic heterocycles. The van der Waals surface area contributed by atoms with Crippen LogP contribution in [0.15, 0.2) is 42.5 Å². The first kappa shape index (κ1) is 14.7. The second-order valence-corrected chi connectivity index (χ2v) is 4.74. The number of rotatable bonds is 4. The van der Waals surface area contributed by atoms with Crippen LogP contribution < -0.4 is 0 Å². The minimum Gasteiger partial charge on any atom is -0.294 e. The largest absolute Gasteiger partial charge is 0.294 e. The Balaban J connectivity index is 2.25. The SMILES string of the molecule is N#Cc1ccc(CC(=O)c2cc([N+](=O)[O-])ccc2Cl)cc1. The van der Waals surface area contributed by atoms with E-state index in [9.17, 15) is 14.9 Å². The molecular weight excluding hydrogens is 292 g/mol. The third-order valence-corrected chi connectivity index (χ3v) is 3.24. The standard InChI is InChI=1S/C15H9ClN2O3/c16-14-6-5-12(18(20)21)8-13(14)15(19)7-10-1-3-11(9-17)4-2-10/h1-6,8H,7H2. The quantitative estimate of drug-likeness (QED) is 0.491. The van der Waals surface area contributed by atoms with Gasteiger partial charge in [-0.1, -0.05) is 23.7 Å². The molecule has 0 saturated carbocycles. The van der Waals surface area contributed by atoms with Gasteiger partial charge in [-0.25, -0.2) is 0 Å². The van der Waals surface area contributed by atoms with Crippen molar-refractivity contribution in [2.75, 3.05) is 0 Å². The number of Topliss-reactive ketones (excluding diaryl/α,β-unsaturated/α-hetero) is 1. The fourth-order valence-corrected chi connectivity index (χ4v) is 2.04. The maximum Gasteiger partial charge on any atom is 0.270 e. The van der Waals surface area contributed by atoms with Gasteiger partial charge in [0.1, 0.15) is 0 Å². The van der Waals surface area contributed by atoms with E-state index < -0.39 is 4.92 Å². The first-order valence-electron chi connectivity index (χ1n) is 5.97. The molecule has 21 heavy (non-hydrogen) atoms. The lowest BCUT2D eigenvalue weighted by molar-refractivity contribution is -0.384. The summed E-state index contributed by atoms with van der Waals surface area (Å²) in [4.78, 5) is 22.4. The van der Waals surface area contributed by atoms with Crippen LogP contribution in [0.5, 0.6) is 0 Å². The van der Waals surface area contributed by atoms with Crippen LogP contribution in [0.2, 0.25) is 5.02 Å². The van der Waals surface area contributed by atoms with Crippen molar-refractivity contribution in [3.8, 4) is 6.07 Å². The summed E-state index contributed by atoms with van der Waals surface area (Å²) < 4.78 is 0. The summed E-state index contributed by atoms with van der Waals surface area (Å²) in [6.45, 7) is 0. The van der Waals surface area contributed by atoms with Crippen molar-refractivity contribution >= 4 is 23.1 Å². The second-order valence-electron chi connectivity index (χ2n) is 4.33. The highest BCUT2D eigenvalue weighted by molar-refractivity contribution is 6.34. The zero-order valence-electron chi connectivity index (χ0n) is 10.7. The number of benzene rings is 2. The number of nitriles is 1. The third kappa shape index (κ3) is 3.44. The Morgan fingerprint density at radius 2 is 1.90 bits per heavy atom. The van der Waals surface area contributed by atoms with Crippen molar-refractivity contribution < 1.29 is 9.72 Å². The molecule has 0 radical (unpaired) electrons. The summed E-state index contributed by atoms with van der Waals surface area (Å²) in [6, 6.07) is 12.3. The molecular formula is C15H9ClN2O3. The van der Waals surface area contributed by atoms with E-state index in [1.54, 1.807) is 24.3 Å². The van der Waals surface area contributed by atoms with E-state index in [1.165, 1.54) is 18.2 Å². The van der Waals surface area contributed by atoms with Gasteiger partial charge in [0.05, 0.1) is 21.6 Å². The molecule has 0 unspecified atom stereocenters. The van der Waals surface area contributed by atoms with Crippen LogP contribution in [-0.4, -0.2) is 10.7 Å². The summed E-state index contributed by atoms with van der Waals surface area (Å²) in [6.07, 6.45) is 0.0621. The van der Waals surface area contributed by atoms with E-state index in [-0.39, 0.29) is 28.5 Å². The zero-order chi connectivity index (χ0) is 15.4. The van der Waals surface area contributed by atoms with Crippen molar-refractivity contribution in [1.29, 1.82) is 5.26 Å². The van der Waals surface area contributed by atoms with E-state index in [0.717, 1.165) is 0 Å². The molecule has 104 valence electrons. The molecule has 0 atom stereocenters. The maximum atomic E-state index is 12.2. The number of nitro groups is 1. The number of hydrogen-bond donors (Lipinski definition) is 0. The highest BCUT2D eigenvalue weighted by Crippen LogP contribution is 2.23. The van der Waals surface area contributed by atoms with Gasteiger partial charge in [0.15, 0.2) is 5.78 Å². The van der Waals surface area contributed by atoms with E-state index in [4.69, 9.17) is 16.9 Å². The summed E-state index contributed by atoms with van der Waals surface area (Å²) in [5.74, 6) is -0.312. The van der Waals surface area contributed by atoms with Gasteiger partial charge >= 0.3 is 0 Å². The van der Waals surface area contributed by atoms with Crippen molar-refractivity contribution in [2.24, 2.45) is 0 Å². The Labute approximate surface area is 125 Å². The molecule has 2 aromatic rings. The van der Waals surface area contributed by atoms with Crippen molar-refractivity contribution in [3.63, 3.8) is 0 Å². The number of hydrogen-bond acceptors (Lipinski definition) is 4. The summed E-state index contributed by atoms with van der Waals surface area (Å²) in [5, 5.41) is 19.6. The maximum absolute atomic E-state index is 12.2. The first-order valence-corrected chi connectivity index (χ1v) is 6.35. The number of halogens is 1. The average Bonchev–Trinajstić information content (AvgIpc) is 2.48. The highest BCUT2D eigenvalue weighted by atomic mass is 35.5. The minimum absolute atomic E-state index is 0.0621. The van der Waals surface area contributed by atoms with E-state index >= 15 is 0 Å². The molecule has 0 N–H and O–H groups in total. The van der Waals surface area contributed by atoms with Crippen molar-refractivity contribution in [1.82, 2.24) is 0 Å². The van der Waals surface area contributed by atoms with Gasteiger partial charge < -0.3 is 0 Å². The van der Waals surface area contributed by atoms with Crippen LogP contribution in [0.4, 0.5) is 5.69 Å². The van der Waals surface area contributed by atoms with Crippen molar-refractivity contribution in [2.45, 2.75) is 6.42 Å². The molecule has 2 rings (SSSR count). The summed E-state index contributed by atoms with van der Waals surface area (Å²) in [7, 11) is 0. The lowest BCUT2D eigenvalue weighted by Gasteiger charge is -2.04. The zero-order valence-corrected chi connectivity index (χ0v) is 11.5. The summed E-state index contributed by atoms with van der Waals surface area (Å²) >= 11 is 5.92. The van der Waals surface area contributed by atoms with Crippen molar-refractivity contribution in [3.05, 3.63) is 74.3 Å². The molecule has 0 saturated heterocycles.